The number of nitrogens with zero attached hydrogens (tertiary/aromatic N) is 2. The van der Waals surface area contributed by atoms with E-state index in [9.17, 15) is 9.59 Å². The average Bonchev–Trinajstić information content (AvgIpc) is 3.04. The number of carbonyl (C=O) groups is 2. The summed E-state index contributed by atoms with van der Waals surface area (Å²) in [5, 5.41) is 0.541. The molecule has 3 rings (SSSR count). The molecule has 144 valence electrons. The summed E-state index contributed by atoms with van der Waals surface area (Å²) in [6.07, 6.45) is 2.94. The third-order valence-corrected chi connectivity index (χ3v) is 5.30. The SMILES string of the molecule is COC(=O)Cn1c(=NC(=O)/C=C/c2ccccc2Cl)sc2cccc(OC)c21. The number of fused-ring (bicyclic) bond motifs is 1. The maximum Gasteiger partial charge on any atom is 0.325 e. The molecule has 0 N–H and O–H groups in total. The van der Waals surface area contributed by atoms with Gasteiger partial charge >= 0.3 is 5.97 Å². The lowest BCUT2D eigenvalue weighted by Crippen LogP contribution is -2.22. The number of ether oxygens (including phenoxy) is 2. The highest BCUT2D eigenvalue weighted by atomic mass is 35.5. The molecule has 0 spiro atoms. The number of hydrogen-bond donors (Lipinski definition) is 0. The van der Waals surface area contributed by atoms with Crippen LogP contribution < -0.4 is 9.54 Å². The zero-order valence-electron chi connectivity index (χ0n) is 15.2. The van der Waals surface area contributed by atoms with Crippen LogP contribution >= 0.6 is 22.9 Å². The van der Waals surface area contributed by atoms with Gasteiger partial charge in [-0.2, -0.15) is 4.99 Å². The zero-order valence-corrected chi connectivity index (χ0v) is 16.8. The van der Waals surface area contributed by atoms with Gasteiger partial charge in [0.15, 0.2) is 4.80 Å². The van der Waals surface area contributed by atoms with Crippen molar-refractivity contribution in [3.63, 3.8) is 0 Å². The van der Waals surface area contributed by atoms with Gasteiger partial charge in [0.1, 0.15) is 17.8 Å². The number of carbonyl (C=O) groups excluding carboxylic acids is 2. The molecule has 0 aliphatic rings. The number of benzene rings is 2. The molecule has 2 aromatic carbocycles. The number of methoxy groups -OCH3 is 2. The van der Waals surface area contributed by atoms with Crippen LogP contribution in [0, 0.1) is 0 Å². The molecule has 1 amide bonds. The van der Waals surface area contributed by atoms with Gasteiger partial charge in [-0.15, -0.1) is 0 Å². The summed E-state index contributed by atoms with van der Waals surface area (Å²) < 4.78 is 12.6. The van der Waals surface area contributed by atoms with E-state index in [2.05, 4.69) is 4.99 Å². The first kappa shape index (κ1) is 19.9. The maximum absolute atomic E-state index is 12.4. The fraction of sp³-hybridized carbons (Fsp3) is 0.150. The minimum Gasteiger partial charge on any atom is -0.495 e. The molecule has 0 aliphatic heterocycles. The van der Waals surface area contributed by atoms with Gasteiger partial charge in [0, 0.05) is 11.1 Å². The molecule has 0 saturated carbocycles. The number of aromatic nitrogens is 1. The quantitative estimate of drug-likeness (QED) is 0.470. The predicted molar refractivity (Wildman–Crippen MR) is 109 cm³/mol. The van der Waals surface area contributed by atoms with Crippen LogP contribution in [-0.4, -0.2) is 30.7 Å². The molecular weight excluding hydrogens is 400 g/mol. The van der Waals surface area contributed by atoms with Crippen molar-refractivity contribution in [2.75, 3.05) is 14.2 Å². The number of hydrogen-bond acceptors (Lipinski definition) is 5. The van der Waals surface area contributed by atoms with Crippen molar-refractivity contribution >= 4 is 51.1 Å². The lowest BCUT2D eigenvalue weighted by molar-refractivity contribution is -0.141. The highest BCUT2D eigenvalue weighted by Crippen LogP contribution is 2.27. The van der Waals surface area contributed by atoms with E-state index < -0.39 is 11.9 Å². The minimum absolute atomic E-state index is 0.0861. The number of halogens is 1. The Hall–Kier alpha value is -2.90. The Balaban J connectivity index is 2.05. The van der Waals surface area contributed by atoms with Crippen molar-refractivity contribution in [1.82, 2.24) is 4.57 Å². The van der Waals surface area contributed by atoms with Crippen LogP contribution in [0.15, 0.2) is 53.5 Å². The normalized spacial score (nSPS) is 11.9. The smallest absolute Gasteiger partial charge is 0.325 e. The summed E-state index contributed by atoms with van der Waals surface area (Å²) in [6.45, 7) is -0.0861. The molecule has 0 unspecified atom stereocenters. The lowest BCUT2D eigenvalue weighted by Gasteiger charge is -2.07. The van der Waals surface area contributed by atoms with Crippen LogP contribution in [0.5, 0.6) is 5.75 Å². The van der Waals surface area contributed by atoms with Crippen LogP contribution in [0.25, 0.3) is 16.3 Å². The van der Waals surface area contributed by atoms with E-state index in [0.29, 0.717) is 26.7 Å². The predicted octanol–water partition coefficient (Wildman–Crippen LogP) is 3.68. The molecule has 0 saturated heterocycles. The van der Waals surface area contributed by atoms with Crippen LogP contribution in [0.3, 0.4) is 0 Å². The summed E-state index contributed by atoms with van der Waals surface area (Å²) >= 11 is 7.38. The van der Waals surface area contributed by atoms with Gasteiger partial charge in [-0.1, -0.05) is 47.2 Å². The van der Waals surface area contributed by atoms with E-state index >= 15 is 0 Å². The first-order chi connectivity index (χ1) is 13.5. The average molecular weight is 417 g/mol. The molecule has 0 fully saturated rings. The maximum atomic E-state index is 12.4. The Labute approximate surface area is 170 Å². The van der Waals surface area contributed by atoms with Gasteiger partial charge < -0.3 is 14.0 Å². The fourth-order valence-electron chi connectivity index (χ4n) is 2.59. The minimum atomic E-state index is -0.468. The Morgan fingerprint density at radius 2 is 1.96 bits per heavy atom. The third kappa shape index (κ3) is 4.32. The number of thiazole rings is 1. The highest BCUT2D eigenvalue weighted by molar-refractivity contribution is 7.16. The summed E-state index contributed by atoms with van der Waals surface area (Å²) in [4.78, 5) is 28.8. The Kier molecular flexibility index (Phi) is 6.28. The molecule has 0 bridgehead atoms. The topological polar surface area (TPSA) is 69.9 Å². The van der Waals surface area contributed by atoms with Gasteiger partial charge in [-0.25, -0.2) is 0 Å². The van der Waals surface area contributed by atoms with Gasteiger partial charge in [0.25, 0.3) is 5.91 Å². The summed E-state index contributed by atoms with van der Waals surface area (Å²) in [5.74, 6) is -0.340. The van der Waals surface area contributed by atoms with Crippen LogP contribution in [0.1, 0.15) is 5.56 Å². The largest absolute Gasteiger partial charge is 0.495 e. The fourth-order valence-corrected chi connectivity index (χ4v) is 3.84. The molecule has 0 atom stereocenters. The lowest BCUT2D eigenvalue weighted by atomic mass is 10.2. The summed E-state index contributed by atoms with van der Waals surface area (Å²) in [6, 6.07) is 12.7. The summed E-state index contributed by atoms with van der Waals surface area (Å²) in [5.41, 5.74) is 1.40. The zero-order chi connectivity index (χ0) is 20.1. The standard InChI is InChI=1S/C20H17ClN2O4S/c1-26-15-8-5-9-16-19(15)23(12-18(25)27-2)20(28-16)22-17(24)11-10-13-6-3-4-7-14(13)21/h3-11H,12H2,1-2H3/b11-10+,22-20?. The monoisotopic (exact) mass is 416 g/mol. The van der Waals surface area contributed by atoms with Gasteiger partial charge in [0.2, 0.25) is 0 Å². The Bertz CT molecular complexity index is 1130. The second-order valence-electron chi connectivity index (χ2n) is 5.66. The van der Waals surface area contributed by atoms with Crippen molar-refractivity contribution < 1.29 is 19.1 Å². The van der Waals surface area contributed by atoms with Crippen molar-refractivity contribution in [2.24, 2.45) is 4.99 Å². The highest BCUT2D eigenvalue weighted by Gasteiger charge is 2.14. The van der Waals surface area contributed by atoms with Crippen molar-refractivity contribution in [3.05, 3.63) is 63.9 Å². The van der Waals surface area contributed by atoms with Crippen molar-refractivity contribution in [1.29, 1.82) is 0 Å². The van der Waals surface area contributed by atoms with E-state index in [4.69, 9.17) is 21.1 Å². The number of para-hydroxylation sites is 1. The van der Waals surface area contributed by atoms with Crippen LogP contribution in [-0.2, 0) is 20.9 Å². The third-order valence-electron chi connectivity index (χ3n) is 3.92. The second kappa shape index (κ2) is 8.86. The molecule has 3 aromatic rings. The molecule has 1 aromatic heterocycles. The molecule has 28 heavy (non-hydrogen) atoms. The molecule has 0 aliphatic carbocycles. The van der Waals surface area contributed by atoms with Gasteiger partial charge in [-0.05, 0) is 29.8 Å². The first-order valence-electron chi connectivity index (χ1n) is 8.28. The number of amides is 1. The first-order valence-corrected chi connectivity index (χ1v) is 9.47. The van der Waals surface area contributed by atoms with Crippen molar-refractivity contribution in [2.45, 2.75) is 6.54 Å². The molecule has 0 radical (unpaired) electrons. The van der Waals surface area contributed by atoms with Gasteiger partial charge in [-0.3, -0.25) is 9.59 Å². The van der Waals surface area contributed by atoms with E-state index in [-0.39, 0.29) is 6.54 Å². The Morgan fingerprint density at radius 1 is 1.18 bits per heavy atom. The van der Waals surface area contributed by atoms with E-state index in [1.54, 1.807) is 36.0 Å². The van der Waals surface area contributed by atoms with Crippen LogP contribution in [0.4, 0.5) is 0 Å². The molecule has 8 heteroatoms. The van der Waals surface area contributed by atoms with E-state index in [1.165, 1.54) is 24.5 Å². The van der Waals surface area contributed by atoms with Crippen molar-refractivity contribution in [3.8, 4) is 5.75 Å². The summed E-state index contributed by atoms with van der Waals surface area (Å²) in [7, 11) is 2.85. The van der Waals surface area contributed by atoms with E-state index in [1.807, 2.05) is 24.3 Å². The van der Waals surface area contributed by atoms with Gasteiger partial charge in [0.05, 0.1) is 18.9 Å². The molecule has 6 nitrogen and oxygen atoms in total. The Morgan fingerprint density at radius 3 is 2.68 bits per heavy atom. The second-order valence-corrected chi connectivity index (χ2v) is 7.08. The molecule has 1 heterocycles. The number of rotatable bonds is 5. The molecular formula is C20H17ClN2O4S. The van der Waals surface area contributed by atoms with E-state index in [0.717, 1.165) is 4.70 Å². The van der Waals surface area contributed by atoms with Crippen LogP contribution in [0.2, 0.25) is 5.02 Å². The number of esters is 1.